The number of nitrogens with one attached hydrogen (secondary N) is 1. The van der Waals surface area contributed by atoms with Crippen LogP contribution in [0.15, 0.2) is 16.3 Å². The van der Waals surface area contributed by atoms with Gasteiger partial charge in [-0.1, -0.05) is 11.6 Å². The van der Waals surface area contributed by atoms with Gasteiger partial charge in [-0.15, -0.1) is 23.7 Å². The minimum atomic E-state index is -3.34. The Morgan fingerprint density at radius 3 is 2.74 bits per heavy atom. The molecule has 1 unspecified atom stereocenters. The van der Waals surface area contributed by atoms with Gasteiger partial charge >= 0.3 is 0 Å². The first-order chi connectivity index (χ1) is 8.52. The Labute approximate surface area is 128 Å². The lowest BCUT2D eigenvalue weighted by atomic mass is 9.87. The Morgan fingerprint density at radius 1 is 1.37 bits per heavy atom. The fourth-order valence-electron chi connectivity index (χ4n) is 2.81. The zero-order valence-corrected chi connectivity index (χ0v) is 13.5. The van der Waals surface area contributed by atoms with Crippen molar-refractivity contribution in [2.24, 2.45) is 5.41 Å². The van der Waals surface area contributed by atoms with Gasteiger partial charge in [-0.2, -0.15) is 4.31 Å². The second-order valence-corrected chi connectivity index (χ2v) is 8.95. The van der Waals surface area contributed by atoms with E-state index in [1.165, 1.54) is 0 Å². The summed E-state index contributed by atoms with van der Waals surface area (Å²) in [4.78, 5) is 0. The molecule has 0 radical (unpaired) electrons. The van der Waals surface area contributed by atoms with Crippen molar-refractivity contribution < 1.29 is 8.42 Å². The molecule has 108 valence electrons. The zero-order valence-electron chi connectivity index (χ0n) is 10.3. The van der Waals surface area contributed by atoms with E-state index in [4.69, 9.17) is 11.6 Å². The molecular formula is C11H16Cl2N2O2S2. The summed E-state index contributed by atoms with van der Waals surface area (Å²) in [7, 11) is -3.34. The SMILES string of the molecule is Cl.O=S(=O)(c1ccc(Cl)s1)N1CCC2(CCNC2)C1. The van der Waals surface area contributed by atoms with Gasteiger partial charge in [-0.25, -0.2) is 8.42 Å². The second kappa shape index (κ2) is 5.50. The summed E-state index contributed by atoms with van der Waals surface area (Å²) < 4.78 is 27.4. The van der Waals surface area contributed by atoms with Crippen LogP contribution >= 0.6 is 35.3 Å². The van der Waals surface area contributed by atoms with Crippen molar-refractivity contribution in [3.8, 4) is 0 Å². The number of sulfonamides is 1. The van der Waals surface area contributed by atoms with E-state index in [1.54, 1.807) is 16.4 Å². The summed E-state index contributed by atoms with van der Waals surface area (Å²) >= 11 is 6.95. The molecule has 2 aliphatic heterocycles. The topological polar surface area (TPSA) is 49.4 Å². The fraction of sp³-hybridized carbons (Fsp3) is 0.636. The van der Waals surface area contributed by atoms with E-state index in [9.17, 15) is 8.42 Å². The molecule has 19 heavy (non-hydrogen) atoms. The third-order valence-corrected chi connectivity index (χ3v) is 7.42. The molecule has 1 spiro atoms. The standard InChI is InChI=1S/C11H15ClN2O2S2.ClH/c12-9-1-2-10(17-9)18(15,16)14-6-4-11(8-14)3-5-13-7-11;/h1-2,13H,3-8H2;1H. The van der Waals surface area contributed by atoms with Gasteiger partial charge in [0.1, 0.15) is 4.21 Å². The van der Waals surface area contributed by atoms with Crippen molar-refractivity contribution in [3.05, 3.63) is 16.5 Å². The molecular weight excluding hydrogens is 327 g/mol. The lowest BCUT2D eigenvalue weighted by molar-refractivity contribution is 0.338. The highest BCUT2D eigenvalue weighted by molar-refractivity contribution is 7.91. The molecule has 2 fully saturated rings. The van der Waals surface area contributed by atoms with Gasteiger partial charge in [0.05, 0.1) is 4.34 Å². The highest BCUT2D eigenvalue weighted by atomic mass is 35.5. The van der Waals surface area contributed by atoms with Crippen LogP contribution in [0.1, 0.15) is 12.8 Å². The van der Waals surface area contributed by atoms with Crippen molar-refractivity contribution in [1.82, 2.24) is 9.62 Å². The molecule has 2 aliphatic rings. The summed E-state index contributed by atoms with van der Waals surface area (Å²) in [6, 6.07) is 3.24. The van der Waals surface area contributed by atoms with Crippen molar-refractivity contribution in [2.75, 3.05) is 26.2 Å². The molecule has 0 bridgehead atoms. The van der Waals surface area contributed by atoms with Gasteiger partial charge in [0.25, 0.3) is 10.0 Å². The molecule has 0 aliphatic carbocycles. The molecule has 1 aromatic heterocycles. The van der Waals surface area contributed by atoms with Gasteiger partial charge in [-0.05, 0) is 36.9 Å². The van der Waals surface area contributed by atoms with Crippen LogP contribution in [0.4, 0.5) is 0 Å². The third-order valence-electron chi connectivity index (χ3n) is 3.88. The van der Waals surface area contributed by atoms with Crippen LogP contribution in [0.3, 0.4) is 0 Å². The molecule has 1 N–H and O–H groups in total. The number of halogens is 2. The fourth-order valence-corrected chi connectivity index (χ4v) is 6.00. The average molecular weight is 343 g/mol. The van der Waals surface area contributed by atoms with Crippen LogP contribution in [-0.2, 0) is 10.0 Å². The van der Waals surface area contributed by atoms with E-state index in [1.807, 2.05) is 0 Å². The van der Waals surface area contributed by atoms with Crippen LogP contribution in [0.25, 0.3) is 0 Å². The van der Waals surface area contributed by atoms with E-state index in [0.29, 0.717) is 21.6 Å². The van der Waals surface area contributed by atoms with Crippen molar-refractivity contribution in [1.29, 1.82) is 0 Å². The summed E-state index contributed by atoms with van der Waals surface area (Å²) in [6.07, 6.45) is 2.03. The summed E-state index contributed by atoms with van der Waals surface area (Å²) in [5.41, 5.74) is 0.161. The number of nitrogens with zero attached hydrogens (tertiary/aromatic N) is 1. The Balaban J connectivity index is 0.00000133. The first-order valence-electron chi connectivity index (χ1n) is 5.98. The van der Waals surface area contributed by atoms with E-state index in [-0.39, 0.29) is 17.8 Å². The van der Waals surface area contributed by atoms with E-state index in [2.05, 4.69) is 5.32 Å². The molecule has 3 heterocycles. The molecule has 3 rings (SSSR count). The predicted molar refractivity (Wildman–Crippen MR) is 79.9 cm³/mol. The summed E-state index contributed by atoms with van der Waals surface area (Å²) in [6.45, 7) is 3.19. The summed E-state index contributed by atoms with van der Waals surface area (Å²) in [5.74, 6) is 0. The van der Waals surface area contributed by atoms with Crippen LogP contribution in [0.5, 0.6) is 0 Å². The van der Waals surface area contributed by atoms with Crippen LogP contribution in [-0.4, -0.2) is 38.9 Å². The van der Waals surface area contributed by atoms with Crippen molar-refractivity contribution in [3.63, 3.8) is 0 Å². The lowest BCUT2D eigenvalue weighted by Gasteiger charge is -2.22. The predicted octanol–water partition coefficient (Wildman–Crippen LogP) is 2.20. The first kappa shape index (κ1) is 15.5. The van der Waals surface area contributed by atoms with E-state index >= 15 is 0 Å². The minimum Gasteiger partial charge on any atom is -0.316 e. The van der Waals surface area contributed by atoms with Crippen molar-refractivity contribution >= 4 is 45.4 Å². The van der Waals surface area contributed by atoms with Gasteiger partial charge in [0.15, 0.2) is 0 Å². The van der Waals surface area contributed by atoms with Crippen LogP contribution in [0, 0.1) is 5.41 Å². The van der Waals surface area contributed by atoms with E-state index < -0.39 is 10.0 Å². The Hall–Kier alpha value is 0.150. The molecule has 0 amide bonds. The Kier molecular flexibility index (Phi) is 4.50. The van der Waals surface area contributed by atoms with Crippen LogP contribution < -0.4 is 5.32 Å². The maximum Gasteiger partial charge on any atom is 0.252 e. The highest BCUT2D eigenvalue weighted by Gasteiger charge is 2.44. The number of hydrogen-bond donors (Lipinski definition) is 1. The van der Waals surface area contributed by atoms with Crippen LogP contribution in [0.2, 0.25) is 4.34 Å². The smallest absolute Gasteiger partial charge is 0.252 e. The quantitative estimate of drug-likeness (QED) is 0.896. The number of rotatable bonds is 2. The molecule has 8 heteroatoms. The van der Waals surface area contributed by atoms with Gasteiger partial charge < -0.3 is 5.32 Å². The van der Waals surface area contributed by atoms with Gasteiger partial charge in [-0.3, -0.25) is 0 Å². The Morgan fingerprint density at radius 2 is 2.16 bits per heavy atom. The molecule has 4 nitrogen and oxygen atoms in total. The lowest BCUT2D eigenvalue weighted by Crippen LogP contribution is -2.32. The number of hydrogen-bond acceptors (Lipinski definition) is 4. The zero-order chi connectivity index (χ0) is 12.8. The average Bonchev–Trinajstić information content (AvgIpc) is 3.02. The van der Waals surface area contributed by atoms with E-state index in [0.717, 1.165) is 37.3 Å². The normalized spacial score (nSPS) is 27.8. The number of thiophene rings is 1. The molecule has 1 atom stereocenters. The minimum absolute atomic E-state index is 0. The maximum absolute atomic E-state index is 12.4. The molecule has 0 saturated carbocycles. The monoisotopic (exact) mass is 342 g/mol. The highest BCUT2D eigenvalue weighted by Crippen LogP contribution is 2.39. The van der Waals surface area contributed by atoms with Gasteiger partial charge in [0.2, 0.25) is 0 Å². The first-order valence-corrected chi connectivity index (χ1v) is 8.62. The third kappa shape index (κ3) is 2.80. The maximum atomic E-state index is 12.4. The molecule has 2 saturated heterocycles. The van der Waals surface area contributed by atoms with Gasteiger partial charge in [0, 0.05) is 19.6 Å². The van der Waals surface area contributed by atoms with Crippen molar-refractivity contribution in [2.45, 2.75) is 17.1 Å². The summed E-state index contributed by atoms with van der Waals surface area (Å²) in [5, 5.41) is 3.33. The molecule has 1 aromatic rings. The molecule has 0 aromatic carbocycles. The second-order valence-electron chi connectivity index (χ2n) is 5.07. The largest absolute Gasteiger partial charge is 0.316 e. The Bertz CT molecular complexity index is 553.